The van der Waals surface area contributed by atoms with Gasteiger partial charge in [0, 0.05) is 25.0 Å². The molecule has 0 aliphatic heterocycles. The zero-order valence-corrected chi connectivity index (χ0v) is 12.3. The SMILES string of the molecule is Cn1cc([C@@H](NC(=O)c2ccc(N)nc2)C2CC(O)C2)cn1. The van der Waals surface area contributed by atoms with Crippen molar-refractivity contribution in [2.45, 2.75) is 25.0 Å². The lowest BCUT2D eigenvalue weighted by molar-refractivity contribution is 0.0235. The lowest BCUT2D eigenvalue weighted by Crippen LogP contribution is -2.41. The second-order valence-electron chi connectivity index (χ2n) is 5.76. The van der Waals surface area contributed by atoms with Gasteiger partial charge in [-0.2, -0.15) is 5.10 Å². The number of rotatable bonds is 4. The van der Waals surface area contributed by atoms with Gasteiger partial charge in [-0.15, -0.1) is 0 Å². The van der Waals surface area contributed by atoms with E-state index in [2.05, 4.69) is 15.4 Å². The average Bonchev–Trinajstić information content (AvgIpc) is 2.89. The molecule has 0 radical (unpaired) electrons. The van der Waals surface area contributed by atoms with Crippen LogP contribution in [0.1, 0.15) is 34.8 Å². The molecule has 22 heavy (non-hydrogen) atoms. The normalized spacial score (nSPS) is 21.9. The van der Waals surface area contributed by atoms with Gasteiger partial charge in [0.25, 0.3) is 5.91 Å². The zero-order chi connectivity index (χ0) is 15.7. The molecule has 0 aromatic carbocycles. The Bertz CT molecular complexity index is 661. The van der Waals surface area contributed by atoms with Crippen LogP contribution in [0.15, 0.2) is 30.7 Å². The van der Waals surface area contributed by atoms with Gasteiger partial charge >= 0.3 is 0 Å². The summed E-state index contributed by atoms with van der Waals surface area (Å²) >= 11 is 0. The Balaban J connectivity index is 1.77. The number of aromatic nitrogens is 3. The summed E-state index contributed by atoms with van der Waals surface area (Å²) in [5, 5.41) is 16.7. The molecule has 1 atom stereocenters. The maximum atomic E-state index is 12.4. The van der Waals surface area contributed by atoms with E-state index < -0.39 is 0 Å². The van der Waals surface area contributed by atoms with Crippen LogP contribution in [-0.2, 0) is 7.05 Å². The molecule has 7 nitrogen and oxygen atoms in total. The minimum atomic E-state index is -0.278. The Kier molecular flexibility index (Phi) is 3.81. The van der Waals surface area contributed by atoms with E-state index in [1.807, 2.05) is 13.2 Å². The van der Waals surface area contributed by atoms with E-state index in [9.17, 15) is 9.90 Å². The third-order valence-corrected chi connectivity index (χ3v) is 4.04. The molecule has 7 heteroatoms. The quantitative estimate of drug-likeness (QED) is 0.768. The monoisotopic (exact) mass is 301 g/mol. The number of aliphatic hydroxyl groups is 1. The van der Waals surface area contributed by atoms with Crippen LogP contribution in [-0.4, -0.2) is 31.9 Å². The standard InChI is InChI=1S/C15H19N5O2/c1-20-8-11(7-18-20)14(10-4-12(21)5-10)19-15(22)9-2-3-13(16)17-6-9/h2-3,6-8,10,12,14,21H,4-5H2,1H3,(H2,16,17)(H,19,22)/t10?,12?,14-/m0/s1. The van der Waals surface area contributed by atoms with Crippen molar-refractivity contribution in [1.29, 1.82) is 0 Å². The molecule has 2 heterocycles. The Morgan fingerprint density at radius 1 is 1.45 bits per heavy atom. The van der Waals surface area contributed by atoms with Crippen LogP contribution in [0.4, 0.5) is 5.82 Å². The summed E-state index contributed by atoms with van der Waals surface area (Å²) in [4.78, 5) is 16.3. The average molecular weight is 301 g/mol. The van der Waals surface area contributed by atoms with Gasteiger partial charge in [0.1, 0.15) is 5.82 Å². The van der Waals surface area contributed by atoms with Gasteiger partial charge in [-0.1, -0.05) is 0 Å². The van der Waals surface area contributed by atoms with Crippen molar-refractivity contribution in [3.05, 3.63) is 41.9 Å². The molecule has 0 saturated heterocycles. The minimum absolute atomic E-state index is 0.165. The van der Waals surface area contributed by atoms with Gasteiger partial charge in [-0.25, -0.2) is 4.98 Å². The molecule has 1 saturated carbocycles. The highest BCUT2D eigenvalue weighted by atomic mass is 16.3. The first kappa shape index (κ1) is 14.5. The number of amides is 1. The van der Waals surface area contributed by atoms with Crippen LogP contribution >= 0.6 is 0 Å². The number of aryl methyl sites for hydroxylation is 1. The van der Waals surface area contributed by atoms with Crippen LogP contribution < -0.4 is 11.1 Å². The number of carbonyl (C=O) groups excluding carboxylic acids is 1. The van der Waals surface area contributed by atoms with Gasteiger partial charge in [0.2, 0.25) is 0 Å². The highest BCUT2D eigenvalue weighted by Gasteiger charge is 2.36. The fourth-order valence-electron chi connectivity index (χ4n) is 2.74. The number of hydrogen-bond acceptors (Lipinski definition) is 5. The first-order valence-corrected chi connectivity index (χ1v) is 7.22. The smallest absolute Gasteiger partial charge is 0.253 e. The van der Waals surface area contributed by atoms with E-state index in [1.54, 1.807) is 23.0 Å². The highest BCUT2D eigenvalue weighted by Crippen LogP contribution is 2.38. The maximum absolute atomic E-state index is 12.4. The molecule has 1 aliphatic rings. The summed E-state index contributed by atoms with van der Waals surface area (Å²) in [5.41, 5.74) is 6.94. The lowest BCUT2D eigenvalue weighted by Gasteiger charge is -2.37. The van der Waals surface area contributed by atoms with E-state index in [1.165, 1.54) is 6.20 Å². The minimum Gasteiger partial charge on any atom is -0.393 e. The van der Waals surface area contributed by atoms with E-state index in [4.69, 9.17) is 5.73 Å². The number of pyridine rings is 1. The molecule has 3 rings (SSSR count). The van der Waals surface area contributed by atoms with Crippen LogP contribution in [0.5, 0.6) is 0 Å². The summed E-state index contributed by atoms with van der Waals surface area (Å²) in [6.45, 7) is 0. The molecule has 0 spiro atoms. The molecule has 0 bridgehead atoms. The first-order chi connectivity index (χ1) is 10.5. The molecule has 4 N–H and O–H groups in total. The third kappa shape index (κ3) is 2.94. The zero-order valence-electron chi connectivity index (χ0n) is 12.3. The van der Waals surface area contributed by atoms with Crippen molar-refractivity contribution >= 4 is 11.7 Å². The van der Waals surface area contributed by atoms with Gasteiger partial charge < -0.3 is 16.2 Å². The number of nitrogen functional groups attached to an aromatic ring is 1. The van der Waals surface area contributed by atoms with Gasteiger partial charge in [0.05, 0.1) is 23.9 Å². The van der Waals surface area contributed by atoms with Crippen LogP contribution in [0.25, 0.3) is 0 Å². The molecule has 116 valence electrons. The van der Waals surface area contributed by atoms with Gasteiger partial charge in [-0.3, -0.25) is 9.48 Å². The van der Waals surface area contributed by atoms with Crippen molar-refractivity contribution in [3.63, 3.8) is 0 Å². The summed E-state index contributed by atoms with van der Waals surface area (Å²) < 4.78 is 1.70. The second-order valence-corrected chi connectivity index (χ2v) is 5.76. The predicted octanol–water partition coefficient (Wildman–Crippen LogP) is 0.639. The van der Waals surface area contributed by atoms with E-state index in [0.29, 0.717) is 24.2 Å². The maximum Gasteiger partial charge on any atom is 0.253 e. The Morgan fingerprint density at radius 3 is 2.77 bits per heavy atom. The largest absolute Gasteiger partial charge is 0.393 e. The van der Waals surface area contributed by atoms with Crippen LogP contribution in [0, 0.1) is 5.92 Å². The molecule has 0 unspecified atom stereocenters. The number of aliphatic hydroxyl groups excluding tert-OH is 1. The predicted molar refractivity (Wildman–Crippen MR) is 80.8 cm³/mol. The van der Waals surface area contributed by atoms with Crippen LogP contribution in [0.3, 0.4) is 0 Å². The third-order valence-electron chi connectivity index (χ3n) is 4.04. The summed E-state index contributed by atoms with van der Waals surface area (Å²) in [7, 11) is 1.84. The molecule has 2 aromatic heterocycles. The number of hydrogen-bond donors (Lipinski definition) is 3. The highest BCUT2D eigenvalue weighted by molar-refractivity contribution is 5.94. The number of anilines is 1. The number of nitrogens with two attached hydrogens (primary N) is 1. The first-order valence-electron chi connectivity index (χ1n) is 7.22. The fraction of sp³-hybridized carbons (Fsp3) is 0.400. The molecular weight excluding hydrogens is 282 g/mol. The van der Waals surface area contributed by atoms with E-state index in [-0.39, 0.29) is 24.0 Å². The second kappa shape index (κ2) is 5.76. The molecule has 1 fully saturated rings. The Labute approximate surface area is 128 Å². The summed E-state index contributed by atoms with van der Waals surface area (Å²) in [6, 6.07) is 3.08. The van der Waals surface area contributed by atoms with Crippen molar-refractivity contribution in [3.8, 4) is 0 Å². The Hall–Kier alpha value is -2.41. The summed E-state index contributed by atoms with van der Waals surface area (Å²) in [6.07, 6.45) is 6.17. The topological polar surface area (TPSA) is 106 Å². The van der Waals surface area contributed by atoms with Gasteiger partial charge in [-0.05, 0) is 30.9 Å². The van der Waals surface area contributed by atoms with Crippen LogP contribution in [0.2, 0.25) is 0 Å². The van der Waals surface area contributed by atoms with E-state index >= 15 is 0 Å². The van der Waals surface area contributed by atoms with Gasteiger partial charge in [0.15, 0.2) is 0 Å². The molecular formula is C15H19N5O2. The molecule has 1 amide bonds. The molecule has 2 aromatic rings. The number of nitrogens with zero attached hydrogens (tertiary/aromatic N) is 3. The van der Waals surface area contributed by atoms with E-state index in [0.717, 1.165) is 5.56 Å². The fourth-order valence-corrected chi connectivity index (χ4v) is 2.74. The Morgan fingerprint density at radius 2 is 2.23 bits per heavy atom. The van der Waals surface area contributed by atoms with Crippen molar-refractivity contribution in [2.24, 2.45) is 13.0 Å². The number of carbonyl (C=O) groups is 1. The summed E-state index contributed by atoms with van der Waals surface area (Å²) in [5.74, 6) is 0.384. The lowest BCUT2D eigenvalue weighted by atomic mass is 9.75. The number of nitrogens with one attached hydrogen (secondary N) is 1. The van der Waals surface area contributed by atoms with Crippen molar-refractivity contribution in [1.82, 2.24) is 20.1 Å². The van der Waals surface area contributed by atoms with Crippen molar-refractivity contribution < 1.29 is 9.90 Å². The molecule has 1 aliphatic carbocycles. The van der Waals surface area contributed by atoms with Crippen molar-refractivity contribution in [2.75, 3.05) is 5.73 Å².